The average Bonchev–Trinajstić information content (AvgIpc) is 2.53. The van der Waals surface area contributed by atoms with E-state index in [2.05, 4.69) is 10.6 Å². The highest BCUT2D eigenvalue weighted by Crippen LogP contribution is 2.24. The van der Waals surface area contributed by atoms with Crippen LogP contribution in [0.25, 0.3) is 0 Å². The van der Waals surface area contributed by atoms with Crippen LogP contribution in [-0.4, -0.2) is 56.6 Å². The van der Waals surface area contributed by atoms with Gasteiger partial charge in [-0.15, -0.1) is 0 Å². The Balaban J connectivity index is 2.03. The summed E-state index contributed by atoms with van der Waals surface area (Å²) in [6.07, 6.45) is 3.35. The largest absolute Gasteiger partial charge is 0.372 e. The van der Waals surface area contributed by atoms with Gasteiger partial charge in [0.15, 0.2) is 0 Å². The summed E-state index contributed by atoms with van der Waals surface area (Å²) in [4.78, 5) is 34.3. The summed E-state index contributed by atoms with van der Waals surface area (Å²) in [5.41, 5.74) is 0. The minimum atomic E-state index is -0.192. The molecule has 0 atom stereocenters. The molecule has 0 heterocycles. The van der Waals surface area contributed by atoms with Crippen LogP contribution >= 0.6 is 0 Å². The third kappa shape index (κ3) is 8.66. The quantitative estimate of drug-likeness (QED) is 0.567. The molecule has 2 amide bonds. The number of carbonyl (C=O) groups is 3. The predicted octanol–water partition coefficient (Wildman–Crippen LogP) is 0.420. The summed E-state index contributed by atoms with van der Waals surface area (Å²) in [5.74, 6) is 0.0447. The third-order valence-electron chi connectivity index (χ3n) is 3.91. The van der Waals surface area contributed by atoms with Crippen LogP contribution in [0.15, 0.2) is 0 Å². The Hall–Kier alpha value is -1.47. The van der Waals surface area contributed by atoms with E-state index >= 15 is 0 Å². The topological polar surface area (TPSA) is 93.7 Å². The van der Waals surface area contributed by atoms with Crippen molar-refractivity contribution < 1.29 is 23.9 Å². The highest BCUT2D eigenvalue weighted by atomic mass is 16.5. The van der Waals surface area contributed by atoms with E-state index in [4.69, 9.17) is 9.47 Å². The standard InChI is InChI=1S/C16H28N2O5/c1-3-22-10-15(20)17-8-9-23-11-16(21)18-14-6-4-13(5-7-14)12(2)19/h13-14H,3-11H2,1-2H3,(H,17,20)(H,18,21). The van der Waals surface area contributed by atoms with Gasteiger partial charge in [-0.2, -0.15) is 0 Å². The van der Waals surface area contributed by atoms with E-state index in [1.165, 1.54) is 0 Å². The summed E-state index contributed by atoms with van der Waals surface area (Å²) in [7, 11) is 0. The Labute approximate surface area is 137 Å². The van der Waals surface area contributed by atoms with E-state index in [1.807, 2.05) is 6.92 Å². The molecular formula is C16H28N2O5. The smallest absolute Gasteiger partial charge is 0.246 e. The summed E-state index contributed by atoms with van der Waals surface area (Å²) >= 11 is 0. The van der Waals surface area contributed by atoms with Gasteiger partial charge < -0.3 is 20.1 Å². The molecule has 0 aromatic rings. The number of nitrogens with one attached hydrogen (secondary N) is 2. The number of hydrogen-bond acceptors (Lipinski definition) is 5. The van der Waals surface area contributed by atoms with Crippen molar-refractivity contribution in [1.82, 2.24) is 10.6 Å². The Bertz CT molecular complexity index is 392. The monoisotopic (exact) mass is 328 g/mol. The molecule has 1 saturated carbocycles. The molecule has 0 aromatic heterocycles. The van der Waals surface area contributed by atoms with Crippen LogP contribution in [0.5, 0.6) is 0 Å². The molecule has 2 N–H and O–H groups in total. The maximum absolute atomic E-state index is 11.8. The number of ether oxygens (including phenoxy) is 2. The first-order chi connectivity index (χ1) is 11.0. The normalized spacial score (nSPS) is 20.8. The van der Waals surface area contributed by atoms with Crippen LogP contribution in [0.4, 0.5) is 0 Å². The van der Waals surface area contributed by atoms with Crippen molar-refractivity contribution in [2.24, 2.45) is 5.92 Å². The number of Topliss-reactive ketones (excluding diaryl/α,β-unsaturated/α-hetero) is 1. The maximum Gasteiger partial charge on any atom is 0.246 e. The molecule has 0 radical (unpaired) electrons. The maximum atomic E-state index is 11.8. The van der Waals surface area contributed by atoms with Crippen molar-refractivity contribution in [3.63, 3.8) is 0 Å². The van der Waals surface area contributed by atoms with Crippen LogP contribution in [0, 0.1) is 5.92 Å². The van der Waals surface area contributed by atoms with Crippen LogP contribution < -0.4 is 10.6 Å². The van der Waals surface area contributed by atoms with Crippen LogP contribution in [0.2, 0.25) is 0 Å². The Kier molecular flexibility index (Phi) is 9.47. The Morgan fingerprint density at radius 3 is 2.26 bits per heavy atom. The van der Waals surface area contributed by atoms with Gasteiger partial charge in [-0.3, -0.25) is 14.4 Å². The van der Waals surface area contributed by atoms with Crippen molar-refractivity contribution in [3.05, 3.63) is 0 Å². The fourth-order valence-corrected chi connectivity index (χ4v) is 2.59. The number of hydrogen-bond donors (Lipinski definition) is 2. The first kappa shape index (κ1) is 19.6. The molecule has 0 saturated heterocycles. The van der Waals surface area contributed by atoms with Crippen molar-refractivity contribution in [2.75, 3.05) is 33.0 Å². The molecule has 0 aromatic carbocycles. The SMILES string of the molecule is CCOCC(=O)NCCOCC(=O)NC1CCC(C(C)=O)CC1. The van der Waals surface area contributed by atoms with Crippen molar-refractivity contribution >= 4 is 17.6 Å². The van der Waals surface area contributed by atoms with Crippen molar-refractivity contribution in [2.45, 2.75) is 45.6 Å². The Morgan fingerprint density at radius 2 is 1.65 bits per heavy atom. The zero-order chi connectivity index (χ0) is 17.1. The minimum Gasteiger partial charge on any atom is -0.372 e. The lowest BCUT2D eigenvalue weighted by atomic mass is 9.84. The minimum absolute atomic E-state index is 0.0199. The van der Waals surface area contributed by atoms with Gasteiger partial charge in [0.1, 0.15) is 19.0 Å². The van der Waals surface area contributed by atoms with Gasteiger partial charge in [0, 0.05) is 25.1 Å². The first-order valence-corrected chi connectivity index (χ1v) is 8.25. The molecule has 1 rings (SSSR count). The highest BCUT2D eigenvalue weighted by Gasteiger charge is 2.24. The molecule has 0 aliphatic heterocycles. The van der Waals surface area contributed by atoms with Crippen LogP contribution in [0.3, 0.4) is 0 Å². The van der Waals surface area contributed by atoms with E-state index in [1.54, 1.807) is 6.92 Å². The first-order valence-electron chi connectivity index (χ1n) is 8.25. The Morgan fingerprint density at radius 1 is 1.00 bits per heavy atom. The van der Waals surface area contributed by atoms with Gasteiger partial charge >= 0.3 is 0 Å². The van der Waals surface area contributed by atoms with Gasteiger partial charge in [0.05, 0.1) is 6.61 Å². The molecular weight excluding hydrogens is 300 g/mol. The third-order valence-corrected chi connectivity index (χ3v) is 3.91. The second-order valence-corrected chi connectivity index (χ2v) is 5.77. The van der Waals surface area contributed by atoms with E-state index in [9.17, 15) is 14.4 Å². The predicted molar refractivity (Wildman–Crippen MR) is 84.9 cm³/mol. The number of rotatable bonds is 10. The molecule has 1 aliphatic rings. The van der Waals surface area contributed by atoms with E-state index in [0.717, 1.165) is 25.7 Å². The van der Waals surface area contributed by atoms with Crippen molar-refractivity contribution in [3.8, 4) is 0 Å². The lowest BCUT2D eigenvalue weighted by molar-refractivity contribution is -0.127. The number of amides is 2. The van der Waals surface area contributed by atoms with Crippen LogP contribution in [0.1, 0.15) is 39.5 Å². The second kappa shape index (κ2) is 11.1. The lowest BCUT2D eigenvalue weighted by Crippen LogP contribution is -2.40. The molecule has 7 nitrogen and oxygen atoms in total. The fourth-order valence-electron chi connectivity index (χ4n) is 2.59. The van der Waals surface area contributed by atoms with Crippen LogP contribution in [-0.2, 0) is 23.9 Å². The van der Waals surface area contributed by atoms with E-state index in [0.29, 0.717) is 13.2 Å². The molecule has 1 fully saturated rings. The van der Waals surface area contributed by atoms with Gasteiger partial charge in [-0.05, 0) is 39.5 Å². The van der Waals surface area contributed by atoms with E-state index < -0.39 is 0 Å². The zero-order valence-corrected chi connectivity index (χ0v) is 14.1. The number of ketones is 1. The summed E-state index contributed by atoms with van der Waals surface area (Å²) in [6.45, 7) is 4.60. The van der Waals surface area contributed by atoms with E-state index in [-0.39, 0.29) is 49.4 Å². The molecule has 1 aliphatic carbocycles. The number of carbonyl (C=O) groups excluding carboxylic acids is 3. The fraction of sp³-hybridized carbons (Fsp3) is 0.812. The van der Waals surface area contributed by atoms with Gasteiger partial charge in [-0.1, -0.05) is 0 Å². The molecule has 23 heavy (non-hydrogen) atoms. The van der Waals surface area contributed by atoms with Gasteiger partial charge in [0.2, 0.25) is 11.8 Å². The molecule has 0 spiro atoms. The zero-order valence-electron chi connectivity index (χ0n) is 14.1. The molecule has 0 unspecified atom stereocenters. The molecule has 7 heteroatoms. The summed E-state index contributed by atoms with van der Waals surface area (Å²) in [5, 5.41) is 5.56. The summed E-state index contributed by atoms with van der Waals surface area (Å²) in [6, 6.07) is 0.132. The highest BCUT2D eigenvalue weighted by molar-refractivity contribution is 5.79. The van der Waals surface area contributed by atoms with Gasteiger partial charge in [-0.25, -0.2) is 0 Å². The average molecular weight is 328 g/mol. The lowest BCUT2D eigenvalue weighted by Gasteiger charge is -2.27. The molecule has 132 valence electrons. The molecule has 0 bridgehead atoms. The second-order valence-electron chi connectivity index (χ2n) is 5.77. The van der Waals surface area contributed by atoms with Crippen molar-refractivity contribution in [1.29, 1.82) is 0 Å². The summed E-state index contributed by atoms with van der Waals surface area (Å²) < 4.78 is 10.2. The van der Waals surface area contributed by atoms with Gasteiger partial charge in [0.25, 0.3) is 0 Å².